The number of nitrogens with zero attached hydrogens (tertiary/aromatic N) is 2. The fourth-order valence-corrected chi connectivity index (χ4v) is 2.26. The minimum Gasteiger partial charge on any atom is -0.359 e. The molecule has 1 N–H and O–H groups in total. The van der Waals surface area contributed by atoms with Crippen molar-refractivity contribution >= 4 is 27.7 Å². The minimum atomic E-state index is -0.462. The summed E-state index contributed by atoms with van der Waals surface area (Å²) in [6.07, 6.45) is 4.78. The third kappa shape index (κ3) is 3.41. The standard InChI is InChI=1S/C12H15BrFN3O/c13-9-6-10(14)12(15-7-9)16-8-11(18)17-4-2-1-3-5-17/h6-7H,1-5,8H2,(H,15,16). The Balaban J connectivity index is 1.88. The van der Waals surface area contributed by atoms with Crippen molar-refractivity contribution in [2.24, 2.45) is 0 Å². The molecule has 0 bridgehead atoms. The van der Waals surface area contributed by atoms with Crippen molar-refractivity contribution in [3.8, 4) is 0 Å². The molecular weight excluding hydrogens is 301 g/mol. The van der Waals surface area contributed by atoms with Gasteiger partial charge in [-0.1, -0.05) is 0 Å². The molecule has 1 aliphatic rings. The predicted octanol–water partition coefficient (Wildman–Crippen LogP) is 2.41. The van der Waals surface area contributed by atoms with E-state index in [9.17, 15) is 9.18 Å². The van der Waals surface area contributed by atoms with E-state index >= 15 is 0 Å². The highest BCUT2D eigenvalue weighted by atomic mass is 79.9. The summed E-state index contributed by atoms with van der Waals surface area (Å²) in [4.78, 5) is 17.6. The quantitative estimate of drug-likeness (QED) is 0.931. The summed E-state index contributed by atoms with van der Waals surface area (Å²) in [5, 5.41) is 2.74. The molecule has 2 rings (SSSR count). The van der Waals surface area contributed by atoms with Crippen molar-refractivity contribution in [2.45, 2.75) is 19.3 Å². The molecule has 0 atom stereocenters. The van der Waals surface area contributed by atoms with Crippen molar-refractivity contribution in [3.63, 3.8) is 0 Å². The largest absolute Gasteiger partial charge is 0.359 e. The van der Waals surface area contributed by atoms with Crippen molar-refractivity contribution in [1.82, 2.24) is 9.88 Å². The molecule has 0 saturated carbocycles. The van der Waals surface area contributed by atoms with Gasteiger partial charge in [-0.2, -0.15) is 0 Å². The molecule has 1 aliphatic heterocycles. The molecule has 0 aliphatic carbocycles. The van der Waals surface area contributed by atoms with Crippen molar-refractivity contribution in [1.29, 1.82) is 0 Å². The number of likely N-dealkylation sites (tertiary alicyclic amines) is 1. The lowest BCUT2D eigenvalue weighted by molar-refractivity contribution is -0.130. The Kier molecular flexibility index (Phi) is 4.52. The first-order chi connectivity index (χ1) is 8.66. The van der Waals surface area contributed by atoms with Gasteiger partial charge in [-0.25, -0.2) is 9.37 Å². The normalized spacial score (nSPS) is 15.6. The molecule has 18 heavy (non-hydrogen) atoms. The van der Waals surface area contributed by atoms with Gasteiger partial charge in [-0.05, 0) is 41.3 Å². The molecule has 0 radical (unpaired) electrons. The zero-order valence-corrected chi connectivity index (χ0v) is 11.5. The fourth-order valence-electron chi connectivity index (χ4n) is 1.96. The molecule has 98 valence electrons. The van der Waals surface area contributed by atoms with Crippen LogP contribution in [0.25, 0.3) is 0 Å². The number of anilines is 1. The molecule has 1 saturated heterocycles. The molecule has 1 fully saturated rings. The van der Waals surface area contributed by atoms with Crippen LogP contribution in [0, 0.1) is 5.82 Å². The number of amides is 1. The van der Waals surface area contributed by atoms with Gasteiger partial charge in [0, 0.05) is 23.8 Å². The van der Waals surface area contributed by atoms with Crippen LogP contribution in [0.1, 0.15) is 19.3 Å². The number of nitrogens with one attached hydrogen (secondary N) is 1. The van der Waals surface area contributed by atoms with Crippen LogP contribution in [-0.4, -0.2) is 35.4 Å². The highest BCUT2D eigenvalue weighted by molar-refractivity contribution is 9.10. The summed E-state index contributed by atoms with van der Waals surface area (Å²) in [5.74, 6) is -0.349. The number of hydrogen-bond acceptors (Lipinski definition) is 3. The van der Waals surface area contributed by atoms with Crippen molar-refractivity contribution < 1.29 is 9.18 Å². The average molecular weight is 316 g/mol. The SMILES string of the molecule is O=C(CNc1ncc(Br)cc1F)N1CCCCC1. The van der Waals surface area contributed by atoms with E-state index in [0.717, 1.165) is 25.9 Å². The summed E-state index contributed by atoms with van der Waals surface area (Å²) in [6.45, 7) is 1.69. The van der Waals surface area contributed by atoms with Gasteiger partial charge in [0.2, 0.25) is 5.91 Å². The zero-order chi connectivity index (χ0) is 13.0. The monoisotopic (exact) mass is 315 g/mol. The van der Waals surface area contributed by atoms with Crippen LogP contribution in [0.5, 0.6) is 0 Å². The van der Waals surface area contributed by atoms with E-state index in [0.29, 0.717) is 4.47 Å². The topological polar surface area (TPSA) is 45.2 Å². The van der Waals surface area contributed by atoms with Gasteiger partial charge in [-0.15, -0.1) is 0 Å². The number of piperidine rings is 1. The Labute approximate surface area is 114 Å². The molecule has 1 aromatic heterocycles. The predicted molar refractivity (Wildman–Crippen MR) is 70.8 cm³/mol. The number of hydrogen-bond donors (Lipinski definition) is 1. The number of aromatic nitrogens is 1. The van der Waals surface area contributed by atoms with E-state index in [1.54, 1.807) is 0 Å². The molecular formula is C12H15BrFN3O. The second kappa shape index (κ2) is 6.13. The van der Waals surface area contributed by atoms with Crippen LogP contribution >= 0.6 is 15.9 Å². The van der Waals surface area contributed by atoms with E-state index in [1.165, 1.54) is 18.7 Å². The Hall–Kier alpha value is -1.17. The highest BCUT2D eigenvalue weighted by Crippen LogP contribution is 2.16. The first-order valence-corrected chi connectivity index (χ1v) is 6.79. The number of halogens is 2. The smallest absolute Gasteiger partial charge is 0.241 e. The Morgan fingerprint density at radius 2 is 2.17 bits per heavy atom. The number of carbonyl (C=O) groups is 1. The highest BCUT2D eigenvalue weighted by Gasteiger charge is 2.16. The molecule has 0 unspecified atom stereocenters. The van der Waals surface area contributed by atoms with Crippen LogP contribution in [0.2, 0.25) is 0 Å². The van der Waals surface area contributed by atoms with Crippen LogP contribution in [0.15, 0.2) is 16.7 Å². The van der Waals surface area contributed by atoms with Gasteiger partial charge in [0.1, 0.15) is 0 Å². The third-order valence-electron chi connectivity index (χ3n) is 2.92. The molecule has 0 aromatic carbocycles. The summed E-state index contributed by atoms with van der Waals surface area (Å²) in [7, 11) is 0. The Morgan fingerprint density at radius 1 is 1.44 bits per heavy atom. The second-order valence-corrected chi connectivity index (χ2v) is 5.19. The van der Waals surface area contributed by atoms with Gasteiger partial charge >= 0.3 is 0 Å². The fraction of sp³-hybridized carbons (Fsp3) is 0.500. The van der Waals surface area contributed by atoms with Crippen LogP contribution in [-0.2, 0) is 4.79 Å². The summed E-state index contributed by atoms with van der Waals surface area (Å²) >= 11 is 3.13. The molecule has 1 aromatic rings. The molecule has 2 heterocycles. The van der Waals surface area contributed by atoms with E-state index in [2.05, 4.69) is 26.2 Å². The number of carbonyl (C=O) groups excluding carboxylic acids is 1. The van der Waals surface area contributed by atoms with Gasteiger partial charge < -0.3 is 10.2 Å². The maximum Gasteiger partial charge on any atom is 0.241 e. The molecule has 1 amide bonds. The minimum absolute atomic E-state index is 0.00109. The van der Waals surface area contributed by atoms with Crippen LogP contribution in [0.3, 0.4) is 0 Å². The third-order valence-corrected chi connectivity index (χ3v) is 3.36. The lowest BCUT2D eigenvalue weighted by Gasteiger charge is -2.26. The maximum absolute atomic E-state index is 13.5. The molecule has 6 heteroatoms. The maximum atomic E-state index is 13.5. The number of rotatable bonds is 3. The van der Waals surface area contributed by atoms with Gasteiger partial charge in [0.25, 0.3) is 0 Å². The van der Waals surface area contributed by atoms with E-state index in [4.69, 9.17) is 0 Å². The lowest BCUT2D eigenvalue weighted by Crippen LogP contribution is -2.39. The Morgan fingerprint density at radius 3 is 2.83 bits per heavy atom. The van der Waals surface area contributed by atoms with E-state index in [1.807, 2.05) is 4.90 Å². The van der Waals surface area contributed by atoms with E-state index in [-0.39, 0.29) is 18.3 Å². The van der Waals surface area contributed by atoms with Crippen molar-refractivity contribution in [3.05, 3.63) is 22.6 Å². The zero-order valence-electron chi connectivity index (χ0n) is 9.96. The van der Waals surface area contributed by atoms with E-state index < -0.39 is 5.82 Å². The van der Waals surface area contributed by atoms with Crippen LogP contribution in [0.4, 0.5) is 10.2 Å². The Bertz CT molecular complexity index is 435. The van der Waals surface area contributed by atoms with Crippen LogP contribution < -0.4 is 5.32 Å². The average Bonchev–Trinajstić information content (AvgIpc) is 2.38. The van der Waals surface area contributed by atoms with Gasteiger partial charge in [0.05, 0.1) is 6.54 Å². The number of pyridine rings is 1. The molecule has 0 spiro atoms. The van der Waals surface area contributed by atoms with Gasteiger partial charge in [-0.3, -0.25) is 4.79 Å². The summed E-state index contributed by atoms with van der Waals surface area (Å²) in [5.41, 5.74) is 0. The second-order valence-electron chi connectivity index (χ2n) is 4.28. The lowest BCUT2D eigenvalue weighted by atomic mass is 10.1. The summed E-state index contributed by atoms with van der Waals surface area (Å²) < 4.78 is 14.0. The summed E-state index contributed by atoms with van der Waals surface area (Å²) in [6, 6.07) is 1.32. The molecule has 4 nitrogen and oxygen atoms in total. The first kappa shape index (κ1) is 13.3. The van der Waals surface area contributed by atoms with Crippen molar-refractivity contribution in [2.75, 3.05) is 25.0 Å². The first-order valence-electron chi connectivity index (χ1n) is 5.99. The van der Waals surface area contributed by atoms with Gasteiger partial charge in [0.15, 0.2) is 11.6 Å².